The van der Waals surface area contributed by atoms with Crippen molar-refractivity contribution >= 4 is 5.91 Å². The lowest BCUT2D eigenvalue weighted by molar-refractivity contribution is -0.137. The number of benzene rings is 2. The van der Waals surface area contributed by atoms with Gasteiger partial charge in [0.1, 0.15) is 18.2 Å². The Morgan fingerprint density at radius 2 is 1.73 bits per heavy atom. The molecule has 0 saturated heterocycles. The Bertz CT molecular complexity index is 1050. The highest BCUT2D eigenvalue weighted by Gasteiger charge is 2.31. The predicted molar refractivity (Wildman–Crippen MR) is 104 cm³/mol. The highest BCUT2D eigenvalue weighted by molar-refractivity contribution is 5.98. The molecule has 4 rings (SSSR count). The van der Waals surface area contributed by atoms with Crippen LogP contribution in [-0.4, -0.2) is 33.4 Å². The van der Waals surface area contributed by atoms with Gasteiger partial charge in [0, 0.05) is 12.4 Å². The summed E-state index contributed by atoms with van der Waals surface area (Å²) in [7, 11) is 0. The van der Waals surface area contributed by atoms with E-state index in [4.69, 9.17) is 4.74 Å². The first-order valence-corrected chi connectivity index (χ1v) is 9.34. The molecule has 1 aromatic heterocycles. The topological polar surface area (TPSA) is 55.3 Å². The number of ether oxygens (including phenoxy) is 1. The number of carbonyl (C=O) groups excluding carboxylic acids is 1. The van der Waals surface area contributed by atoms with Gasteiger partial charge in [-0.25, -0.2) is 9.97 Å². The van der Waals surface area contributed by atoms with Gasteiger partial charge in [-0.2, -0.15) is 13.2 Å². The maximum atomic E-state index is 13.3. The zero-order valence-corrected chi connectivity index (χ0v) is 16.1. The third kappa shape index (κ3) is 3.98. The van der Waals surface area contributed by atoms with Crippen molar-refractivity contribution in [2.75, 3.05) is 6.61 Å². The van der Waals surface area contributed by atoms with E-state index in [2.05, 4.69) is 9.97 Å². The van der Waals surface area contributed by atoms with Crippen LogP contribution in [0.1, 0.15) is 28.7 Å². The van der Waals surface area contributed by atoms with Crippen LogP contribution in [0.15, 0.2) is 60.9 Å². The number of halogens is 3. The summed E-state index contributed by atoms with van der Waals surface area (Å²) in [6, 6.07) is 11.4. The minimum Gasteiger partial charge on any atom is -0.491 e. The fraction of sp³-hybridized carbons (Fsp3) is 0.227. The third-order valence-electron chi connectivity index (χ3n) is 4.96. The summed E-state index contributed by atoms with van der Waals surface area (Å²) in [5.74, 6) is 0.718. The van der Waals surface area contributed by atoms with Crippen molar-refractivity contribution in [3.8, 4) is 16.9 Å². The number of hydrogen-bond donors (Lipinski definition) is 0. The van der Waals surface area contributed by atoms with Crippen LogP contribution < -0.4 is 4.74 Å². The number of aromatic nitrogens is 2. The van der Waals surface area contributed by atoms with Gasteiger partial charge in [-0.1, -0.05) is 18.2 Å². The molecule has 0 radical (unpaired) electrons. The van der Waals surface area contributed by atoms with Crippen molar-refractivity contribution in [1.29, 1.82) is 0 Å². The van der Waals surface area contributed by atoms with Crippen LogP contribution in [0.25, 0.3) is 11.1 Å². The maximum absolute atomic E-state index is 13.3. The highest BCUT2D eigenvalue weighted by atomic mass is 19.4. The van der Waals surface area contributed by atoms with E-state index in [1.54, 1.807) is 41.6 Å². The first-order valence-electron chi connectivity index (χ1n) is 9.34. The number of carbonyl (C=O) groups is 1. The first-order chi connectivity index (χ1) is 14.3. The molecule has 0 fully saturated rings. The summed E-state index contributed by atoms with van der Waals surface area (Å²) in [5.41, 5.74) is 0.842. The first kappa shape index (κ1) is 19.9. The van der Waals surface area contributed by atoms with E-state index in [0.29, 0.717) is 34.9 Å². The molecule has 1 amide bonds. The van der Waals surface area contributed by atoms with Gasteiger partial charge in [0.15, 0.2) is 0 Å². The Labute approximate surface area is 171 Å². The minimum atomic E-state index is -4.40. The van der Waals surface area contributed by atoms with Gasteiger partial charge in [0.05, 0.1) is 23.7 Å². The molecular weight excluding hydrogens is 395 g/mol. The Morgan fingerprint density at radius 1 is 1.07 bits per heavy atom. The smallest absolute Gasteiger partial charge is 0.416 e. The molecule has 0 saturated carbocycles. The largest absolute Gasteiger partial charge is 0.491 e. The molecule has 0 aliphatic carbocycles. The van der Waals surface area contributed by atoms with Crippen molar-refractivity contribution in [2.45, 2.75) is 25.7 Å². The van der Waals surface area contributed by atoms with Gasteiger partial charge >= 0.3 is 6.18 Å². The van der Waals surface area contributed by atoms with Gasteiger partial charge in [-0.05, 0) is 48.4 Å². The zero-order valence-electron chi connectivity index (χ0n) is 16.1. The second-order valence-electron chi connectivity index (χ2n) is 7.04. The number of nitrogens with zero attached hydrogens (tertiary/aromatic N) is 3. The maximum Gasteiger partial charge on any atom is 0.416 e. The standard InChI is InChI=1S/C22H18F3N3O2/c1-14-13-30-19-8-5-16(15-3-6-17(7-4-15)22(23,24)25)11-18(19)21(29)28(14)12-20-26-9-2-10-27-20/h2-11,14H,12-13H2,1H3. The fourth-order valence-corrected chi connectivity index (χ4v) is 3.30. The summed E-state index contributed by atoms with van der Waals surface area (Å²) < 4.78 is 44.3. The van der Waals surface area contributed by atoms with Crippen molar-refractivity contribution in [3.63, 3.8) is 0 Å². The second kappa shape index (κ2) is 7.78. The monoisotopic (exact) mass is 413 g/mol. The van der Waals surface area contributed by atoms with Gasteiger partial charge in [-0.15, -0.1) is 0 Å². The molecule has 2 aromatic carbocycles. The minimum absolute atomic E-state index is 0.205. The lowest BCUT2D eigenvalue weighted by Gasteiger charge is -2.25. The molecular formula is C22H18F3N3O2. The molecule has 0 spiro atoms. The van der Waals surface area contributed by atoms with E-state index < -0.39 is 11.7 Å². The van der Waals surface area contributed by atoms with Gasteiger partial charge in [0.2, 0.25) is 0 Å². The summed E-state index contributed by atoms with van der Waals surface area (Å²) in [4.78, 5) is 23.3. The normalized spacial score (nSPS) is 16.6. The molecule has 5 nitrogen and oxygen atoms in total. The van der Waals surface area contributed by atoms with E-state index in [-0.39, 0.29) is 18.5 Å². The van der Waals surface area contributed by atoms with E-state index in [1.165, 1.54) is 12.1 Å². The highest BCUT2D eigenvalue weighted by Crippen LogP contribution is 2.33. The molecule has 1 unspecified atom stereocenters. The van der Waals surface area contributed by atoms with Crippen LogP contribution in [0.3, 0.4) is 0 Å². The van der Waals surface area contributed by atoms with Crippen LogP contribution in [0.4, 0.5) is 13.2 Å². The van der Waals surface area contributed by atoms with Crippen molar-refractivity contribution < 1.29 is 22.7 Å². The molecule has 0 N–H and O–H groups in total. The summed E-state index contributed by atoms with van der Waals surface area (Å²) in [6.07, 6.45) is -1.17. The van der Waals surface area contributed by atoms with Crippen LogP contribution >= 0.6 is 0 Å². The predicted octanol–water partition coefficient (Wildman–Crippen LogP) is 4.59. The number of rotatable bonds is 3. The van der Waals surface area contributed by atoms with Crippen molar-refractivity contribution in [3.05, 3.63) is 77.9 Å². The van der Waals surface area contributed by atoms with Crippen molar-refractivity contribution in [1.82, 2.24) is 14.9 Å². The molecule has 1 aliphatic rings. The quantitative estimate of drug-likeness (QED) is 0.631. The number of hydrogen-bond acceptors (Lipinski definition) is 4. The average Bonchev–Trinajstić information content (AvgIpc) is 2.86. The van der Waals surface area contributed by atoms with Gasteiger partial charge in [-0.3, -0.25) is 4.79 Å². The van der Waals surface area contributed by atoms with Crippen LogP contribution in [0.2, 0.25) is 0 Å². The molecule has 30 heavy (non-hydrogen) atoms. The van der Waals surface area contributed by atoms with Crippen molar-refractivity contribution in [2.24, 2.45) is 0 Å². The summed E-state index contributed by atoms with van der Waals surface area (Å²) in [6.45, 7) is 2.42. The fourth-order valence-electron chi connectivity index (χ4n) is 3.30. The summed E-state index contributed by atoms with van der Waals surface area (Å²) >= 11 is 0. The molecule has 1 aliphatic heterocycles. The molecule has 154 valence electrons. The Balaban J connectivity index is 1.66. The van der Waals surface area contributed by atoms with Gasteiger partial charge < -0.3 is 9.64 Å². The number of alkyl halides is 3. The zero-order chi connectivity index (χ0) is 21.3. The van der Waals surface area contributed by atoms with Crippen LogP contribution in [-0.2, 0) is 12.7 Å². The Morgan fingerprint density at radius 3 is 2.40 bits per heavy atom. The molecule has 0 bridgehead atoms. The number of fused-ring (bicyclic) bond motifs is 1. The number of amides is 1. The van der Waals surface area contributed by atoms with E-state index in [9.17, 15) is 18.0 Å². The van der Waals surface area contributed by atoms with E-state index in [0.717, 1.165) is 12.1 Å². The van der Waals surface area contributed by atoms with Crippen LogP contribution in [0, 0.1) is 0 Å². The van der Waals surface area contributed by atoms with Gasteiger partial charge in [0.25, 0.3) is 5.91 Å². The summed E-state index contributed by atoms with van der Waals surface area (Å²) in [5, 5.41) is 0. The second-order valence-corrected chi connectivity index (χ2v) is 7.04. The molecule has 1 atom stereocenters. The molecule has 8 heteroatoms. The Kier molecular flexibility index (Phi) is 5.15. The average molecular weight is 413 g/mol. The third-order valence-corrected chi connectivity index (χ3v) is 4.96. The lowest BCUT2D eigenvalue weighted by Crippen LogP contribution is -2.39. The van der Waals surface area contributed by atoms with Crippen LogP contribution in [0.5, 0.6) is 5.75 Å². The SMILES string of the molecule is CC1COc2ccc(-c3ccc(C(F)(F)F)cc3)cc2C(=O)N1Cc1ncccn1. The molecule has 3 aromatic rings. The lowest BCUT2D eigenvalue weighted by atomic mass is 10.0. The Hall–Kier alpha value is -3.42. The van der Waals surface area contributed by atoms with E-state index >= 15 is 0 Å². The van der Waals surface area contributed by atoms with E-state index in [1.807, 2.05) is 6.92 Å². The molecule has 2 heterocycles.